The van der Waals surface area contributed by atoms with Gasteiger partial charge in [-0.1, -0.05) is 22.0 Å². The lowest BCUT2D eigenvalue weighted by molar-refractivity contribution is 0.672. The maximum atomic E-state index is 4.95. The van der Waals surface area contributed by atoms with Crippen molar-refractivity contribution < 1.29 is 0 Å². The van der Waals surface area contributed by atoms with Crippen molar-refractivity contribution in [3.8, 4) is 0 Å². The van der Waals surface area contributed by atoms with Crippen molar-refractivity contribution in [1.82, 2.24) is 4.98 Å². The monoisotopic (exact) mass is 318 g/mol. The molecular formula is C16H19BrN2. The molecule has 1 aromatic carbocycles. The molecule has 1 N–H and O–H groups in total. The summed E-state index contributed by atoms with van der Waals surface area (Å²) in [5.41, 5.74) is 6.44. The lowest BCUT2D eigenvalue weighted by Gasteiger charge is -2.22. The lowest BCUT2D eigenvalue weighted by atomic mass is 9.92. The second-order valence-corrected chi connectivity index (χ2v) is 6.09. The van der Waals surface area contributed by atoms with E-state index < -0.39 is 0 Å². The maximum Gasteiger partial charge on any atom is 0.0766 e. The van der Waals surface area contributed by atoms with Gasteiger partial charge in [0.2, 0.25) is 0 Å². The molecule has 1 aliphatic carbocycles. The molecule has 100 valence electrons. The summed E-state index contributed by atoms with van der Waals surface area (Å²) in [6.45, 7) is 5.25. The van der Waals surface area contributed by atoms with Crippen molar-refractivity contribution in [1.29, 1.82) is 0 Å². The first kappa shape index (κ1) is 12.9. The number of nitrogens with zero attached hydrogens (tertiary/aromatic N) is 1. The fourth-order valence-corrected chi connectivity index (χ4v) is 3.51. The molecule has 2 nitrogen and oxygen atoms in total. The Morgan fingerprint density at radius 3 is 2.84 bits per heavy atom. The zero-order valence-electron chi connectivity index (χ0n) is 11.5. The zero-order valence-corrected chi connectivity index (χ0v) is 13.1. The van der Waals surface area contributed by atoms with Crippen LogP contribution in [0.15, 0.2) is 16.6 Å². The lowest BCUT2D eigenvalue weighted by Crippen LogP contribution is -2.11. The fourth-order valence-electron chi connectivity index (χ4n) is 2.99. The Hall–Kier alpha value is -1.09. The summed E-state index contributed by atoms with van der Waals surface area (Å²) in [6.07, 6.45) is 4.82. The first-order valence-corrected chi connectivity index (χ1v) is 7.86. The van der Waals surface area contributed by atoms with Gasteiger partial charge in [0.25, 0.3) is 0 Å². The molecule has 1 heterocycles. The van der Waals surface area contributed by atoms with Gasteiger partial charge < -0.3 is 5.32 Å². The normalized spacial score (nSPS) is 14.5. The molecule has 0 saturated carbocycles. The Kier molecular flexibility index (Phi) is 3.48. The molecule has 3 heteroatoms. The summed E-state index contributed by atoms with van der Waals surface area (Å²) in [7, 11) is 0. The summed E-state index contributed by atoms with van der Waals surface area (Å²) in [6, 6.07) is 4.28. The second-order valence-electron chi connectivity index (χ2n) is 5.24. The molecule has 0 amide bonds. The van der Waals surface area contributed by atoms with Gasteiger partial charge in [-0.3, -0.25) is 4.98 Å². The molecule has 1 aromatic heterocycles. The summed E-state index contributed by atoms with van der Waals surface area (Å²) < 4.78 is 1.14. The summed E-state index contributed by atoms with van der Waals surface area (Å²) >= 11 is 3.70. The molecule has 0 fully saturated rings. The summed E-state index contributed by atoms with van der Waals surface area (Å²) in [5.74, 6) is 0. The molecule has 19 heavy (non-hydrogen) atoms. The number of aryl methyl sites for hydroxylation is 2. The van der Waals surface area contributed by atoms with Gasteiger partial charge in [0.05, 0.1) is 5.52 Å². The minimum Gasteiger partial charge on any atom is -0.384 e. The number of aromatic nitrogens is 1. The van der Waals surface area contributed by atoms with Crippen LogP contribution in [0.25, 0.3) is 10.9 Å². The van der Waals surface area contributed by atoms with Gasteiger partial charge >= 0.3 is 0 Å². The van der Waals surface area contributed by atoms with Gasteiger partial charge in [0.1, 0.15) is 0 Å². The molecular weight excluding hydrogens is 300 g/mol. The van der Waals surface area contributed by atoms with Crippen LogP contribution in [-0.4, -0.2) is 11.5 Å². The number of rotatable bonds is 2. The highest BCUT2D eigenvalue weighted by molar-refractivity contribution is 9.10. The molecule has 0 aliphatic heterocycles. The SMILES string of the molecule is CCNc1c2c(nc3c(C)ccc(Br)c13)CCCC2. The van der Waals surface area contributed by atoms with E-state index in [0.29, 0.717) is 0 Å². The van der Waals surface area contributed by atoms with Crippen LogP contribution < -0.4 is 5.32 Å². The summed E-state index contributed by atoms with van der Waals surface area (Å²) in [5, 5.41) is 4.83. The third kappa shape index (κ3) is 2.14. The smallest absolute Gasteiger partial charge is 0.0766 e. The number of hydrogen-bond donors (Lipinski definition) is 1. The van der Waals surface area contributed by atoms with E-state index in [2.05, 4.69) is 47.2 Å². The predicted octanol–water partition coefficient (Wildman–Crippen LogP) is 4.62. The van der Waals surface area contributed by atoms with Crippen molar-refractivity contribution in [2.45, 2.75) is 39.5 Å². The minimum atomic E-state index is 0.950. The Morgan fingerprint density at radius 1 is 1.26 bits per heavy atom. The van der Waals surface area contributed by atoms with Gasteiger partial charge in [0.15, 0.2) is 0 Å². The molecule has 2 aromatic rings. The standard InChI is InChI=1S/C16H19BrN2/c1-3-18-16-11-6-4-5-7-13(11)19-15-10(2)8-9-12(17)14(15)16/h8-9H,3-7H2,1-2H3,(H,18,19). The Morgan fingerprint density at radius 2 is 2.05 bits per heavy atom. The first-order chi connectivity index (χ1) is 9.22. The topological polar surface area (TPSA) is 24.9 Å². The molecule has 0 bridgehead atoms. The molecule has 0 radical (unpaired) electrons. The highest BCUT2D eigenvalue weighted by atomic mass is 79.9. The number of halogens is 1. The number of hydrogen-bond acceptors (Lipinski definition) is 2. The van der Waals surface area contributed by atoms with Crippen LogP contribution >= 0.6 is 15.9 Å². The molecule has 1 aliphatic rings. The molecule has 0 unspecified atom stereocenters. The average Bonchev–Trinajstić information content (AvgIpc) is 2.43. The van der Waals surface area contributed by atoms with Crippen molar-refractivity contribution in [2.24, 2.45) is 0 Å². The largest absolute Gasteiger partial charge is 0.384 e. The highest BCUT2D eigenvalue weighted by Gasteiger charge is 2.19. The molecule has 0 spiro atoms. The Labute approximate surface area is 122 Å². The zero-order chi connectivity index (χ0) is 13.4. The van der Waals surface area contributed by atoms with Crippen LogP contribution in [0.1, 0.15) is 36.6 Å². The Balaban J connectivity index is 2.39. The van der Waals surface area contributed by atoms with E-state index in [1.165, 1.54) is 40.7 Å². The molecule has 3 rings (SSSR count). The van der Waals surface area contributed by atoms with Gasteiger partial charge in [-0.2, -0.15) is 0 Å². The fraction of sp³-hybridized carbons (Fsp3) is 0.438. The third-order valence-corrected chi connectivity index (χ3v) is 4.58. The van der Waals surface area contributed by atoms with E-state index in [0.717, 1.165) is 29.4 Å². The predicted molar refractivity (Wildman–Crippen MR) is 85.0 cm³/mol. The second kappa shape index (κ2) is 5.12. The van der Waals surface area contributed by atoms with Gasteiger partial charge in [0, 0.05) is 27.8 Å². The van der Waals surface area contributed by atoms with Crippen LogP contribution in [0.4, 0.5) is 5.69 Å². The number of anilines is 1. The number of nitrogens with one attached hydrogen (secondary N) is 1. The van der Waals surface area contributed by atoms with E-state index in [4.69, 9.17) is 4.98 Å². The van der Waals surface area contributed by atoms with E-state index in [1.807, 2.05) is 0 Å². The van der Waals surface area contributed by atoms with E-state index in [-0.39, 0.29) is 0 Å². The van der Waals surface area contributed by atoms with E-state index in [1.54, 1.807) is 0 Å². The first-order valence-electron chi connectivity index (χ1n) is 7.06. The van der Waals surface area contributed by atoms with Gasteiger partial charge in [-0.05, 0) is 56.7 Å². The minimum absolute atomic E-state index is 0.950. The van der Waals surface area contributed by atoms with E-state index in [9.17, 15) is 0 Å². The number of pyridine rings is 1. The molecule has 0 atom stereocenters. The van der Waals surface area contributed by atoms with Crippen molar-refractivity contribution in [3.05, 3.63) is 33.4 Å². The van der Waals surface area contributed by atoms with Crippen molar-refractivity contribution in [3.63, 3.8) is 0 Å². The number of fused-ring (bicyclic) bond motifs is 2. The van der Waals surface area contributed by atoms with Crippen LogP contribution in [0.3, 0.4) is 0 Å². The highest BCUT2D eigenvalue weighted by Crippen LogP contribution is 2.38. The van der Waals surface area contributed by atoms with Crippen molar-refractivity contribution in [2.75, 3.05) is 11.9 Å². The van der Waals surface area contributed by atoms with Crippen LogP contribution in [0.2, 0.25) is 0 Å². The summed E-state index contributed by atoms with van der Waals surface area (Å²) in [4.78, 5) is 4.95. The average molecular weight is 319 g/mol. The third-order valence-electron chi connectivity index (χ3n) is 3.92. The van der Waals surface area contributed by atoms with Crippen molar-refractivity contribution >= 4 is 32.5 Å². The van der Waals surface area contributed by atoms with Gasteiger partial charge in [-0.25, -0.2) is 0 Å². The van der Waals surface area contributed by atoms with Crippen LogP contribution in [0, 0.1) is 6.92 Å². The van der Waals surface area contributed by atoms with Gasteiger partial charge in [-0.15, -0.1) is 0 Å². The number of benzene rings is 1. The van der Waals surface area contributed by atoms with Crippen LogP contribution in [0.5, 0.6) is 0 Å². The quantitative estimate of drug-likeness (QED) is 0.874. The van der Waals surface area contributed by atoms with Crippen LogP contribution in [-0.2, 0) is 12.8 Å². The molecule has 0 saturated heterocycles. The Bertz CT molecular complexity index is 634. The maximum absolute atomic E-state index is 4.95. The van der Waals surface area contributed by atoms with E-state index >= 15 is 0 Å².